The van der Waals surface area contributed by atoms with E-state index in [2.05, 4.69) is 6.92 Å². The number of hydrogen-bond donors (Lipinski definition) is 0. The molecule has 1 amide bonds. The van der Waals surface area contributed by atoms with E-state index in [1.54, 1.807) is 29.2 Å². The number of nitrogens with zero attached hydrogens (tertiary/aromatic N) is 2. The van der Waals surface area contributed by atoms with Gasteiger partial charge in [0, 0.05) is 26.2 Å². The van der Waals surface area contributed by atoms with Gasteiger partial charge in [-0.2, -0.15) is 4.31 Å². The van der Waals surface area contributed by atoms with Crippen LogP contribution in [0.1, 0.15) is 43.0 Å². The number of piperidine rings is 1. The van der Waals surface area contributed by atoms with E-state index in [0.717, 1.165) is 25.7 Å². The predicted molar refractivity (Wildman–Crippen MR) is 93.3 cm³/mol. The molecular formula is C18H24N2O3S. The minimum Gasteiger partial charge on any atom is -0.335 e. The van der Waals surface area contributed by atoms with Crippen LogP contribution in [0, 0.1) is 0 Å². The lowest BCUT2D eigenvalue weighted by Gasteiger charge is -2.29. The molecule has 130 valence electrons. The third-order valence-electron chi connectivity index (χ3n) is 4.77. The summed E-state index contributed by atoms with van der Waals surface area (Å²) in [5, 5.41) is 0. The molecule has 24 heavy (non-hydrogen) atoms. The summed E-state index contributed by atoms with van der Waals surface area (Å²) in [5.41, 5.74) is 1.56. The molecule has 0 atom stereocenters. The average Bonchev–Trinajstić information content (AvgIpc) is 2.62. The quantitative estimate of drug-likeness (QED) is 0.789. The summed E-state index contributed by atoms with van der Waals surface area (Å²) in [6.45, 7) is 4.31. The molecule has 1 aromatic carbocycles. The van der Waals surface area contributed by atoms with Gasteiger partial charge >= 0.3 is 0 Å². The second-order valence-corrected chi connectivity index (χ2v) is 8.42. The van der Waals surface area contributed by atoms with Crippen molar-refractivity contribution in [3.05, 3.63) is 41.5 Å². The first-order chi connectivity index (χ1) is 11.5. The fraction of sp³-hybridized carbons (Fsp3) is 0.500. The van der Waals surface area contributed by atoms with Crippen molar-refractivity contribution in [2.45, 2.75) is 37.5 Å². The standard InChI is InChI=1S/C18H24N2O3S/c1-15-9-13-19(14-10-15)18(21)16-7-3-4-8-17(16)24(22,23)20-11-5-2-6-12-20/h3-4,7-9H,2,5-6,10-14H2,1H3. The molecule has 2 aliphatic rings. The molecule has 1 saturated heterocycles. The van der Waals surface area contributed by atoms with Crippen LogP contribution in [-0.4, -0.2) is 49.7 Å². The zero-order valence-corrected chi connectivity index (χ0v) is 14.9. The van der Waals surface area contributed by atoms with E-state index in [0.29, 0.717) is 26.2 Å². The monoisotopic (exact) mass is 348 g/mol. The van der Waals surface area contributed by atoms with Crippen molar-refractivity contribution >= 4 is 15.9 Å². The van der Waals surface area contributed by atoms with Crippen LogP contribution in [0.2, 0.25) is 0 Å². The maximum absolute atomic E-state index is 13.0. The van der Waals surface area contributed by atoms with E-state index in [1.807, 2.05) is 6.08 Å². The topological polar surface area (TPSA) is 57.7 Å². The molecule has 0 N–H and O–H groups in total. The van der Waals surface area contributed by atoms with Crippen LogP contribution in [0.4, 0.5) is 0 Å². The largest absolute Gasteiger partial charge is 0.335 e. The lowest BCUT2D eigenvalue weighted by molar-refractivity contribution is 0.0765. The molecule has 2 aliphatic heterocycles. The van der Waals surface area contributed by atoms with Crippen molar-refractivity contribution in [1.29, 1.82) is 0 Å². The number of carbonyl (C=O) groups is 1. The van der Waals surface area contributed by atoms with Gasteiger partial charge in [-0.25, -0.2) is 8.42 Å². The fourth-order valence-electron chi connectivity index (χ4n) is 3.24. The second-order valence-electron chi connectivity index (χ2n) is 6.51. The Balaban J connectivity index is 1.91. The van der Waals surface area contributed by atoms with E-state index in [9.17, 15) is 13.2 Å². The van der Waals surface area contributed by atoms with E-state index >= 15 is 0 Å². The van der Waals surface area contributed by atoms with Crippen molar-refractivity contribution < 1.29 is 13.2 Å². The molecule has 1 aromatic rings. The van der Waals surface area contributed by atoms with Crippen molar-refractivity contribution in [2.75, 3.05) is 26.2 Å². The Labute approximate surface area is 144 Å². The minimum absolute atomic E-state index is 0.142. The van der Waals surface area contributed by atoms with E-state index < -0.39 is 10.0 Å². The minimum atomic E-state index is -3.62. The lowest BCUT2D eigenvalue weighted by Crippen LogP contribution is -2.38. The highest BCUT2D eigenvalue weighted by atomic mass is 32.2. The second kappa shape index (κ2) is 7.07. The van der Waals surface area contributed by atoms with Gasteiger partial charge < -0.3 is 4.90 Å². The normalized spacial score (nSPS) is 19.9. The molecule has 0 aliphatic carbocycles. The molecule has 5 nitrogen and oxygen atoms in total. The maximum Gasteiger partial charge on any atom is 0.255 e. The van der Waals surface area contributed by atoms with Gasteiger partial charge in [0.05, 0.1) is 10.5 Å². The molecule has 2 heterocycles. The molecule has 0 unspecified atom stereocenters. The number of rotatable bonds is 3. The van der Waals surface area contributed by atoms with E-state index in [4.69, 9.17) is 0 Å². The highest BCUT2D eigenvalue weighted by molar-refractivity contribution is 7.89. The predicted octanol–water partition coefficient (Wildman–Crippen LogP) is 2.65. The van der Waals surface area contributed by atoms with Crippen LogP contribution in [0.5, 0.6) is 0 Å². The van der Waals surface area contributed by atoms with E-state index in [-0.39, 0.29) is 16.4 Å². The molecule has 0 saturated carbocycles. The van der Waals surface area contributed by atoms with Gasteiger partial charge in [-0.05, 0) is 38.3 Å². The van der Waals surface area contributed by atoms with Gasteiger partial charge in [-0.3, -0.25) is 4.79 Å². The Morgan fingerprint density at radius 2 is 1.75 bits per heavy atom. The summed E-state index contributed by atoms with van der Waals surface area (Å²) >= 11 is 0. The average molecular weight is 348 g/mol. The van der Waals surface area contributed by atoms with Gasteiger partial charge in [0.25, 0.3) is 5.91 Å². The molecular weight excluding hydrogens is 324 g/mol. The zero-order valence-electron chi connectivity index (χ0n) is 14.1. The first-order valence-corrected chi connectivity index (χ1v) is 9.98. The summed E-state index contributed by atoms with van der Waals surface area (Å²) in [7, 11) is -3.62. The first kappa shape index (κ1) is 17.2. The molecule has 0 radical (unpaired) electrons. The van der Waals surface area contributed by atoms with Crippen LogP contribution in [-0.2, 0) is 10.0 Å². The summed E-state index contributed by atoms with van der Waals surface area (Å²) < 4.78 is 27.5. The van der Waals surface area contributed by atoms with E-state index in [1.165, 1.54) is 9.88 Å². The molecule has 1 fully saturated rings. The number of carbonyl (C=O) groups excluding carboxylic acids is 1. The van der Waals surface area contributed by atoms with Gasteiger partial charge in [0.15, 0.2) is 0 Å². The molecule has 3 rings (SSSR count). The molecule has 6 heteroatoms. The lowest BCUT2D eigenvalue weighted by atomic mass is 10.1. The van der Waals surface area contributed by atoms with Crippen molar-refractivity contribution in [2.24, 2.45) is 0 Å². The van der Waals surface area contributed by atoms with Gasteiger partial charge in [0.1, 0.15) is 0 Å². The highest BCUT2D eigenvalue weighted by Gasteiger charge is 2.31. The maximum atomic E-state index is 13.0. The Morgan fingerprint density at radius 1 is 1.04 bits per heavy atom. The van der Waals surface area contributed by atoms with Crippen LogP contribution in [0.3, 0.4) is 0 Å². The van der Waals surface area contributed by atoms with Crippen molar-refractivity contribution in [1.82, 2.24) is 9.21 Å². The van der Waals surface area contributed by atoms with Gasteiger partial charge in [0.2, 0.25) is 10.0 Å². The SMILES string of the molecule is CC1=CCN(C(=O)c2ccccc2S(=O)(=O)N2CCCCC2)CC1. The van der Waals surface area contributed by atoms with Crippen LogP contribution in [0.25, 0.3) is 0 Å². The number of sulfonamides is 1. The summed E-state index contributed by atoms with van der Waals surface area (Å²) in [5.74, 6) is -0.199. The number of hydrogen-bond acceptors (Lipinski definition) is 3. The number of amides is 1. The zero-order chi connectivity index (χ0) is 17.2. The summed E-state index contributed by atoms with van der Waals surface area (Å²) in [6, 6.07) is 6.61. The first-order valence-electron chi connectivity index (χ1n) is 8.54. The highest BCUT2D eigenvalue weighted by Crippen LogP contribution is 2.25. The van der Waals surface area contributed by atoms with Crippen molar-refractivity contribution in [3.8, 4) is 0 Å². The van der Waals surface area contributed by atoms with Gasteiger partial charge in [-0.1, -0.05) is 30.2 Å². The molecule has 0 bridgehead atoms. The Bertz CT molecular complexity index is 749. The summed E-state index contributed by atoms with van der Waals surface area (Å²) in [6.07, 6.45) is 5.69. The number of benzene rings is 1. The summed E-state index contributed by atoms with van der Waals surface area (Å²) in [4.78, 5) is 14.7. The molecule has 0 aromatic heterocycles. The van der Waals surface area contributed by atoms with Gasteiger partial charge in [-0.15, -0.1) is 0 Å². The van der Waals surface area contributed by atoms with Crippen LogP contribution in [0.15, 0.2) is 40.8 Å². The molecule has 0 spiro atoms. The third-order valence-corrected chi connectivity index (χ3v) is 6.73. The smallest absolute Gasteiger partial charge is 0.255 e. The Kier molecular flexibility index (Phi) is 5.06. The van der Waals surface area contributed by atoms with Crippen LogP contribution >= 0.6 is 0 Å². The van der Waals surface area contributed by atoms with Crippen LogP contribution < -0.4 is 0 Å². The Hall–Kier alpha value is -1.66. The fourth-order valence-corrected chi connectivity index (χ4v) is 4.94. The third kappa shape index (κ3) is 3.39. The Morgan fingerprint density at radius 3 is 2.42 bits per heavy atom. The van der Waals surface area contributed by atoms with Crippen molar-refractivity contribution in [3.63, 3.8) is 0 Å².